The van der Waals surface area contributed by atoms with Crippen LogP contribution in [-0.2, 0) is 17.8 Å². The van der Waals surface area contributed by atoms with Crippen molar-refractivity contribution in [3.63, 3.8) is 0 Å². The van der Waals surface area contributed by atoms with Crippen molar-refractivity contribution in [3.05, 3.63) is 105 Å². The highest BCUT2D eigenvalue weighted by atomic mass is 79.9. The number of amides is 2. The first-order valence-corrected chi connectivity index (χ1v) is 15.7. The molecule has 234 valence electrons. The normalized spacial score (nSPS) is 13.3. The average molecular weight is 693 g/mol. The first-order chi connectivity index (χ1) is 21.8. The minimum Gasteiger partial charge on any atom is -0.493 e. The van der Waals surface area contributed by atoms with E-state index in [0.717, 1.165) is 25.2 Å². The first-order valence-electron chi connectivity index (χ1n) is 14.5. The third-order valence-corrected chi connectivity index (χ3v) is 8.94. The smallest absolute Gasteiger partial charge is 0.254 e. The molecule has 1 aliphatic heterocycles. The van der Waals surface area contributed by atoms with Crippen molar-refractivity contribution in [2.75, 3.05) is 52.8 Å². The van der Waals surface area contributed by atoms with Gasteiger partial charge in [0.15, 0.2) is 11.5 Å². The lowest BCUT2D eigenvalue weighted by Gasteiger charge is -2.35. The highest BCUT2D eigenvalue weighted by Gasteiger charge is 2.24. The van der Waals surface area contributed by atoms with Gasteiger partial charge in [0.05, 0.1) is 32.2 Å². The number of hydrogen-bond acceptors (Lipinski definition) is 6. The summed E-state index contributed by atoms with van der Waals surface area (Å²) in [5.74, 6) is 1.03. The largest absolute Gasteiger partial charge is 0.493 e. The Hall–Kier alpha value is -4.05. The molecule has 4 aromatic carbocycles. The quantitative estimate of drug-likeness (QED) is 0.194. The number of halogens is 2. The van der Waals surface area contributed by atoms with Crippen molar-refractivity contribution in [3.8, 4) is 28.4 Å². The summed E-state index contributed by atoms with van der Waals surface area (Å²) in [6.07, 6.45) is 0.0541. The van der Waals surface area contributed by atoms with E-state index in [1.165, 1.54) is 32.5 Å². The number of methoxy groups -OCH3 is 3. The van der Waals surface area contributed by atoms with Gasteiger partial charge in [-0.1, -0.05) is 54.1 Å². The Balaban J connectivity index is 1.19. The van der Waals surface area contributed by atoms with Gasteiger partial charge in [-0.25, -0.2) is 0 Å². The van der Waals surface area contributed by atoms with Gasteiger partial charge in [0.1, 0.15) is 0 Å². The molecule has 1 saturated heterocycles. The summed E-state index contributed by atoms with van der Waals surface area (Å²) in [6.45, 7) is 3.56. The molecule has 0 aromatic heterocycles. The van der Waals surface area contributed by atoms with Gasteiger partial charge in [0.2, 0.25) is 11.7 Å². The minimum absolute atomic E-state index is 0.0541. The van der Waals surface area contributed by atoms with Gasteiger partial charge in [-0.2, -0.15) is 0 Å². The summed E-state index contributed by atoms with van der Waals surface area (Å²) in [6, 6.07) is 25.1. The minimum atomic E-state index is -0.248. The summed E-state index contributed by atoms with van der Waals surface area (Å²) < 4.78 is 16.9. The molecule has 2 amide bonds. The summed E-state index contributed by atoms with van der Waals surface area (Å²) in [5, 5.41) is 3.63. The van der Waals surface area contributed by atoms with Crippen molar-refractivity contribution in [2.24, 2.45) is 0 Å². The van der Waals surface area contributed by atoms with Crippen molar-refractivity contribution in [1.29, 1.82) is 0 Å². The second kappa shape index (κ2) is 14.8. The molecule has 4 aromatic rings. The summed E-state index contributed by atoms with van der Waals surface area (Å²) in [4.78, 5) is 30.7. The zero-order valence-electron chi connectivity index (χ0n) is 25.4. The maximum atomic E-state index is 13.4. The number of nitrogens with zero attached hydrogens (tertiary/aromatic N) is 2. The van der Waals surface area contributed by atoms with Crippen LogP contribution in [-0.4, -0.2) is 69.1 Å². The topological polar surface area (TPSA) is 80.3 Å². The fourth-order valence-corrected chi connectivity index (χ4v) is 6.23. The average Bonchev–Trinajstić information content (AvgIpc) is 3.06. The van der Waals surface area contributed by atoms with E-state index >= 15 is 0 Å². The Morgan fingerprint density at radius 2 is 1.53 bits per heavy atom. The zero-order valence-corrected chi connectivity index (χ0v) is 27.8. The van der Waals surface area contributed by atoms with Gasteiger partial charge >= 0.3 is 0 Å². The van der Waals surface area contributed by atoms with Gasteiger partial charge in [-0.15, -0.1) is 0 Å². The number of hydrogen-bond donors (Lipinski definition) is 1. The first kappa shape index (κ1) is 32.3. The Bertz CT molecular complexity index is 1670. The van der Waals surface area contributed by atoms with Crippen LogP contribution in [0.4, 0.5) is 5.69 Å². The zero-order chi connectivity index (χ0) is 31.9. The Kier molecular flexibility index (Phi) is 10.7. The van der Waals surface area contributed by atoms with Crippen molar-refractivity contribution >= 4 is 45.0 Å². The Morgan fingerprint density at radius 1 is 0.822 bits per heavy atom. The molecule has 10 heteroatoms. The maximum absolute atomic E-state index is 13.4. The highest BCUT2D eigenvalue weighted by Crippen LogP contribution is 2.45. The van der Waals surface area contributed by atoms with Gasteiger partial charge in [0, 0.05) is 49.0 Å². The Morgan fingerprint density at radius 3 is 2.22 bits per heavy atom. The standard InChI is InChI=1S/C35H35BrClN3O5/c1-43-30-20-26(32(36)34(45-3)33(30)44-2)21-31(41)38-28-9-6-8-24(19-28)35(42)40-17-15-39(16-18-40)22-25-7-4-5-10-29(25)23-11-13-27(37)14-12-23/h4-14,19-20H,15-18,21-22H2,1-3H3,(H,38,41). The summed E-state index contributed by atoms with van der Waals surface area (Å²) >= 11 is 9.62. The van der Waals surface area contributed by atoms with E-state index in [1.54, 1.807) is 30.3 Å². The van der Waals surface area contributed by atoms with E-state index < -0.39 is 0 Å². The molecule has 1 aliphatic rings. The molecule has 0 unspecified atom stereocenters. The number of carbonyl (C=O) groups excluding carboxylic acids is 2. The fourth-order valence-electron chi connectivity index (χ4n) is 5.51. The molecule has 1 fully saturated rings. The van der Waals surface area contributed by atoms with Crippen LogP contribution in [0.25, 0.3) is 11.1 Å². The van der Waals surface area contributed by atoms with Crippen LogP contribution >= 0.6 is 27.5 Å². The molecule has 0 radical (unpaired) electrons. The monoisotopic (exact) mass is 691 g/mol. The number of nitrogens with one attached hydrogen (secondary N) is 1. The van der Waals surface area contributed by atoms with Crippen LogP contribution in [0.5, 0.6) is 17.2 Å². The van der Waals surface area contributed by atoms with E-state index in [-0.39, 0.29) is 18.2 Å². The number of ether oxygens (including phenoxy) is 3. The second-order valence-corrected chi connectivity index (χ2v) is 11.9. The van der Waals surface area contributed by atoms with E-state index in [4.69, 9.17) is 25.8 Å². The van der Waals surface area contributed by atoms with E-state index in [0.29, 0.717) is 56.6 Å². The third kappa shape index (κ3) is 7.61. The fraction of sp³-hybridized carbons (Fsp3) is 0.257. The Labute approximate surface area is 277 Å². The van der Waals surface area contributed by atoms with Crippen LogP contribution < -0.4 is 19.5 Å². The molecule has 0 aliphatic carbocycles. The predicted molar refractivity (Wildman–Crippen MR) is 181 cm³/mol. The van der Waals surface area contributed by atoms with E-state index in [9.17, 15) is 9.59 Å². The number of benzene rings is 4. The molecule has 0 atom stereocenters. The predicted octanol–water partition coefficient (Wildman–Crippen LogP) is 6.93. The van der Waals surface area contributed by atoms with Gasteiger partial charge in [-0.05, 0) is 74.6 Å². The molecular weight excluding hydrogens is 658 g/mol. The molecule has 5 rings (SSSR count). The van der Waals surface area contributed by atoms with Crippen LogP contribution in [0.1, 0.15) is 21.5 Å². The molecule has 8 nitrogen and oxygen atoms in total. The lowest BCUT2D eigenvalue weighted by atomic mass is 9.99. The molecule has 1 N–H and O–H groups in total. The number of anilines is 1. The lowest BCUT2D eigenvalue weighted by Crippen LogP contribution is -2.48. The van der Waals surface area contributed by atoms with Crippen molar-refractivity contribution in [2.45, 2.75) is 13.0 Å². The SMILES string of the molecule is COc1cc(CC(=O)Nc2cccc(C(=O)N3CCN(Cc4ccccc4-c4ccc(Cl)cc4)CC3)c2)c(Br)c(OC)c1OC. The molecule has 0 saturated carbocycles. The molecule has 0 spiro atoms. The van der Waals surface area contributed by atoms with Crippen molar-refractivity contribution in [1.82, 2.24) is 9.80 Å². The maximum Gasteiger partial charge on any atom is 0.254 e. The van der Waals surface area contributed by atoms with Crippen LogP contribution in [0.15, 0.2) is 83.3 Å². The molecule has 1 heterocycles. The molecular formula is C35H35BrClN3O5. The van der Waals surface area contributed by atoms with Crippen LogP contribution in [0, 0.1) is 0 Å². The van der Waals surface area contributed by atoms with E-state index in [1.807, 2.05) is 35.2 Å². The molecule has 45 heavy (non-hydrogen) atoms. The highest BCUT2D eigenvalue weighted by molar-refractivity contribution is 9.10. The van der Waals surface area contributed by atoms with E-state index in [2.05, 4.69) is 44.3 Å². The van der Waals surface area contributed by atoms with Gasteiger partial charge in [0.25, 0.3) is 5.91 Å². The van der Waals surface area contributed by atoms with Gasteiger partial charge in [-0.3, -0.25) is 14.5 Å². The van der Waals surface area contributed by atoms with Gasteiger partial charge < -0.3 is 24.4 Å². The second-order valence-electron chi connectivity index (χ2n) is 10.7. The summed E-state index contributed by atoms with van der Waals surface area (Å²) in [7, 11) is 4.58. The summed E-state index contributed by atoms with van der Waals surface area (Å²) in [5.41, 5.74) is 5.30. The van der Waals surface area contributed by atoms with Crippen molar-refractivity contribution < 1.29 is 23.8 Å². The third-order valence-electron chi connectivity index (χ3n) is 7.82. The van der Waals surface area contributed by atoms with Crippen LogP contribution in [0.3, 0.4) is 0 Å². The van der Waals surface area contributed by atoms with Crippen LogP contribution in [0.2, 0.25) is 5.02 Å². The number of rotatable bonds is 10. The number of piperazine rings is 1. The number of carbonyl (C=O) groups is 2. The lowest BCUT2D eigenvalue weighted by molar-refractivity contribution is -0.115. The molecule has 0 bridgehead atoms.